The van der Waals surface area contributed by atoms with Crippen molar-refractivity contribution >= 4 is 33.0 Å². The van der Waals surface area contributed by atoms with Gasteiger partial charge in [0.1, 0.15) is 0 Å². The first kappa shape index (κ1) is 10.2. The Morgan fingerprint density at radius 3 is 3.00 bits per heavy atom. The fourth-order valence-corrected chi connectivity index (χ4v) is 2.43. The first-order valence-corrected chi connectivity index (χ1v) is 4.97. The molecule has 1 aromatic rings. The molecule has 0 spiro atoms. The van der Waals surface area contributed by atoms with Crippen LogP contribution in [-0.4, -0.2) is 33.3 Å². The van der Waals surface area contributed by atoms with E-state index >= 15 is 0 Å². The second-order valence-corrected chi connectivity index (χ2v) is 3.87. The van der Waals surface area contributed by atoms with E-state index in [1.807, 2.05) is 0 Å². The average molecular weight is 378 g/mol. The number of rotatable bonds is 0. The Labute approximate surface area is 105 Å². The largest absolute Gasteiger partial charge is 0.381 e. The van der Waals surface area contributed by atoms with E-state index in [1.54, 1.807) is 0 Å². The number of fused-ring (bicyclic) bond motifs is 3. The second kappa shape index (κ2) is 4.05. The summed E-state index contributed by atoms with van der Waals surface area (Å²) in [6, 6.07) is 9.31. The zero-order valence-corrected chi connectivity index (χ0v) is 11.9. The summed E-state index contributed by atoms with van der Waals surface area (Å²) in [6.07, 6.45) is 7.16. The fourth-order valence-electron chi connectivity index (χ4n) is 2.43. The van der Waals surface area contributed by atoms with Crippen molar-refractivity contribution in [1.82, 2.24) is 0 Å². The molecule has 0 bridgehead atoms. The number of para-hydroxylation sites is 1. The molecule has 1 N–H and O–H groups in total. The van der Waals surface area contributed by atoms with Gasteiger partial charge in [0.15, 0.2) is 0 Å². The molecule has 0 amide bonds. The standard InChI is InChI=1S/C12H13N.Pb/c1-3-7-11-9(5-1)10-6-2-4-8-12(10)13-11;/h1-3,5-7,10,12-13H,4,8H2;. The van der Waals surface area contributed by atoms with E-state index in [9.17, 15) is 0 Å². The van der Waals surface area contributed by atoms with E-state index in [1.165, 1.54) is 24.1 Å². The van der Waals surface area contributed by atoms with Crippen molar-refractivity contribution in [3.63, 3.8) is 0 Å². The Bertz CT molecular complexity index is 359. The molecular weight excluding hydrogens is 365 g/mol. The predicted molar refractivity (Wildman–Crippen MR) is 60.7 cm³/mol. The van der Waals surface area contributed by atoms with Crippen molar-refractivity contribution < 1.29 is 0 Å². The third kappa shape index (κ3) is 1.51. The minimum atomic E-state index is 0. The molecule has 0 saturated heterocycles. The molecule has 4 radical (unpaired) electrons. The molecule has 0 saturated carbocycles. The van der Waals surface area contributed by atoms with Crippen LogP contribution in [0.25, 0.3) is 0 Å². The number of nitrogens with one attached hydrogen (secondary N) is 1. The third-order valence-corrected chi connectivity index (χ3v) is 3.08. The predicted octanol–water partition coefficient (Wildman–Crippen LogP) is 2.53. The summed E-state index contributed by atoms with van der Waals surface area (Å²) in [6.45, 7) is 0. The number of hydrogen-bond acceptors (Lipinski definition) is 1. The normalized spacial score (nSPS) is 27.1. The van der Waals surface area contributed by atoms with Crippen molar-refractivity contribution in [2.24, 2.45) is 0 Å². The first-order valence-electron chi connectivity index (χ1n) is 4.97. The summed E-state index contributed by atoms with van der Waals surface area (Å²) in [5.41, 5.74) is 2.81. The van der Waals surface area contributed by atoms with Gasteiger partial charge in [-0.25, -0.2) is 0 Å². The van der Waals surface area contributed by atoms with Gasteiger partial charge in [0.2, 0.25) is 0 Å². The van der Waals surface area contributed by atoms with E-state index in [-0.39, 0.29) is 27.3 Å². The Kier molecular flexibility index (Phi) is 2.95. The van der Waals surface area contributed by atoms with Gasteiger partial charge in [-0.3, -0.25) is 0 Å². The van der Waals surface area contributed by atoms with Gasteiger partial charge in [0.05, 0.1) is 0 Å². The molecule has 1 heterocycles. The van der Waals surface area contributed by atoms with Crippen molar-refractivity contribution in [3.05, 3.63) is 42.0 Å². The minimum absolute atomic E-state index is 0. The monoisotopic (exact) mass is 379 g/mol. The Morgan fingerprint density at radius 2 is 2.07 bits per heavy atom. The van der Waals surface area contributed by atoms with Gasteiger partial charge in [0, 0.05) is 44.9 Å². The summed E-state index contributed by atoms with van der Waals surface area (Å²) >= 11 is 0. The van der Waals surface area contributed by atoms with Gasteiger partial charge in [-0.1, -0.05) is 30.4 Å². The van der Waals surface area contributed by atoms with Crippen LogP contribution < -0.4 is 5.32 Å². The smallest absolute Gasteiger partial charge is 0.0382 e. The van der Waals surface area contributed by atoms with E-state index in [4.69, 9.17) is 0 Å². The summed E-state index contributed by atoms with van der Waals surface area (Å²) in [5.74, 6) is 0.630. The quantitative estimate of drug-likeness (QED) is 0.540. The van der Waals surface area contributed by atoms with Gasteiger partial charge in [-0.15, -0.1) is 0 Å². The van der Waals surface area contributed by atoms with Crippen LogP contribution in [0.5, 0.6) is 0 Å². The topological polar surface area (TPSA) is 12.0 Å². The Balaban J connectivity index is 0.000000750. The molecule has 2 unspecified atom stereocenters. The maximum absolute atomic E-state index is 3.59. The molecule has 1 nitrogen and oxygen atoms in total. The van der Waals surface area contributed by atoms with Gasteiger partial charge < -0.3 is 5.32 Å². The van der Waals surface area contributed by atoms with Crippen LogP contribution in [0.2, 0.25) is 0 Å². The molecule has 0 fully saturated rings. The molecule has 0 aromatic heterocycles. The van der Waals surface area contributed by atoms with E-state index in [0.29, 0.717) is 12.0 Å². The van der Waals surface area contributed by atoms with Crippen LogP contribution in [0, 0.1) is 0 Å². The third-order valence-electron chi connectivity index (χ3n) is 3.08. The number of hydrogen-bond donors (Lipinski definition) is 1. The number of anilines is 1. The van der Waals surface area contributed by atoms with Gasteiger partial charge in [-0.2, -0.15) is 0 Å². The average Bonchev–Trinajstić information content (AvgIpc) is 2.56. The first-order chi connectivity index (χ1) is 6.45. The zero-order valence-electron chi connectivity index (χ0n) is 8.03. The minimum Gasteiger partial charge on any atom is -0.381 e. The van der Waals surface area contributed by atoms with Crippen LogP contribution >= 0.6 is 0 Å². The molecule has 1 aliphatic heterocycles. The summed E-state index contributed by atoms with van der Waals surface area (Å²) in [4.78, 5) is 0. The van der Waals surface area contributed by atoms with Crippen molar-refractivity contribution in [2.75, 3.05) is 5.32 Å². The molecule has 2 heteroatoms. The molecule has 14 heavy (non-hydrogen) atoms. The number of allylic oxidation sites excluding steroid dienone is 1. The Morgan fingerprint density at radius 1 is 1.21 bits per heavy atom. The van der Waals surface area contributed by atoms with Gasteiger partial charge in [0.25, 0.3) is 0 Å². The molecule has 2 aliphatic rings. The summed E-state index contributed by atoms with van der Waals surface area (Å²) in [5, 5.41) is 3.59. The molecular formula is C12H13NPb. The van der Waals surface area contributed by atoms with Crippen LogP contribution in [0.3, 0.4) is 0 Å². The molecule has 2 atom stereocenters. The molecule has 70 valence electrons. The molecule has 1 aliphatic carbocycles. The maximum Gasteiger partial charge on any atom is 0.0382 e. The number of benzene rings is 1. The van der Waals surface area contributed by atoms with Crippen LogP contribution in [0.15, 0.2) is 36.4 Å². The molecule has 1 aromatic carbocycles. The fraction of sp³-hybridized carbons (Fsp3) is 0.333. The van der Waals surface area contributed by atoms with Crippen LogP contribution in [0.1, 0.15) is 24.3 Å². The summed E-state index contributed by atoms with van der Waals surface area (Å²) < 4.78 is 0. The van der Waals surface area contributed by atoms with E-state index in [2.05, 4.69) is 41.7 Å². The second-order valence-electron chi connectivity index (χ2n) is 3.87. The van der Waals surface area contributed by atoms with Crippen LogP contribution in [-0.2, 0) is 0 Å². The van der Waals surface area contributed by atoms with E-state index in [0.717, 1.165) is 0 Å². The summed E-state index contributed by atoms with van der Waals surface area (Å²) in [7, 11) is 0. The van der Waals surface area contributed by atoms with Crippen LogP contribution in [0.4, 0.5) is 5.69 Å². The Hall–Kier alpha value is -0.318. The van der Waals surface area contributed by atoms with Gasteiger partial charge in [-0.05, 0) is 24.5 Å². The van der Waals surface area contributed by atoms with E-state index < -0.39 is 0 Å². The van der Waals surface area contributed by atoms with Gasteiger partial charge >= 0.3 is 0 Å². The van der Waals surface area contributed by atoms with Crippen molar-refractivity contribution in [2.45, 2.75) is 24.8 Å². The van der Waals surface area contributed by atoms with Crippen molar-refractivity contribution in [3.8, 4) is 0 Å². The van der Waals surface area contributed by atoms with Crippen molar-refractivity contribution in [1.29, 1.82) is 0 Å². The zero-order chi connectivity index (χ0) is 8.67. The SMILES string of the molecule is C1=CC2c3ccccc3NC2CC1.[Pb]. The maximum atomic E-state index is 3.59. The molecule has 3 rings (SSSR count).